The van der Waals surface area contributed by atoms with Gasteiger partial charge in [-0.15, -0.1) is 0 Å². The Kier molecular flexibility index (Phi) is 5.65. The molecule has 1 rings (SSSR count). The predicted molar refractivity (Wildman–Crippen MR) is 74.8 cm³/mol. The van der Waals surface area contributed by atoms with Gasteiger partial charge in [0.25, 0.3) is 0 Å². The number of hydrogen-bond acceptors (Lipinski definition) is 7. The number of halogens is 1. The number of carbonyl (C=O) groups is 1. The largest absolute Gasteiger partial charge is 0.456 e. The van der Waals surface area contributed by atoms with Crippen molar-refractivity contribution in [3.63, 3.8) is 0 Å². The Labute approximate surface area is 129 Å². The van der Waals surface area contributed by atoms with Crippen LogP contribution >= 0.6 is 0 Å². The molecule has 0 aliphatic rings. The molecule has 0 aliphatic carbocycles. The van der Waals surface area contributed by atoms with Crippen molar-refractivity contribution < 1.29 is 23.9 Å². The number of amidine groups is 1. The van der Waals surface area contributed by atoms with Gasteiger partial charge >= 0.3 is 11.6 Å². The molecule has 0 atom stereocenters. The lowest BCUT2D eigenvalue weighted by molar-refractivity contribution is -0.792. The average Bonchev–Trinajstić information content (AvgIpc) is 2.50. The number of nitro groups is 2. The summed E-state index contributed by atoms with van der Waals surface area (Å²) in [4.78, 5) is 35.1. The van der Waals surface area contributed by atoms with Crippen LogP contribution in [0.3, 0.4) is 0 Å². The highest BCUT2D eigenvalue weighted by atomic mass is 19.1. The SMILES string of the molecule is CC(CCC(=O)O/N=C(\N)c1ccc(F)cc1)([N+](=O)[O-])[N+](=O)[O-]. The summed E-state index contributed by atoms with van der Waals surface area (Å²) in [5, 5.41) is 24.7. The molecule has 0 radical (unpaired) electrons. The predicted octanol–water partition coefficient (Wildman–Crippen LogP) is 1.04. The molecule has 0 aromatic heterocycles. The molecule has 11 heteroatoms. The molecule has 2 N–H and O–H groups in total. The Balaban J connectivity index is 2.63. The lowest BCUT2D eigenvalue weighted by Gasteiger charge is -2.11. The zero-order chi connectivity index (χ0) is 17.6. The van der Waals surface area contributed by atoms with Crippen LogP contribution < -0.4 is 5.73 Å². The van der Waals surface area contributed by atoms with E-state index in [2.05, 4.69) is 9.99 Å². The van der Waals surface area contributed by atoms with Crippen molar-refractivity contribution in [1.29, 1.82) is 0 Å². The standard InChI is InChI=1S/C12H13FN4O6/c1-12(16(19)20,17(21)22)7-6-10(18)23-15-11(14)8-2-4-9(13)5-3-8/h2-5H,6-7H2,1H3,(H2,14,15). The van der Waals surface area contributed by atoms with Gasteiger partial charge in [0.15, 0.2) is 5.84 Å². The number of nitrogens with zero attached hydrogens (tertiary/aromatic N) is 3. The van der Waals surface area contributed by atoms with Crippen molar-refractivity contribution in [2.45, 2.75) is 25.4 Å². The number of oxime groups is 1. The Morgan fingerprint density at radius 3 is 2.30 bits per heavy atom. The van der Waals surface area contributed by atoms with Gasteiger partial charge in [-0.25, -0.2) is 9.18 Å². The Morgan fingerprint density at radius 1 is 1.30 bits per heavy atom. The van der Waals surface area contributed by atoms with E-state index < -0.39 is 40.1 Å². The normalized spacial score (nSPS) is 11.8. The maximum absolute atomic E-state index is 12.7. The van der Waals surface area contributed by atoms with Crippen LogP contribution in [0.4, 0.5) is 4.39 Å². The van der Waals surface area contributed by atoms with Gasteiger partial charge in [-0.1, -0.05) is 5.16 Å². The van der Waals surface area contributed by atoms with E-state index in [4.69, 9.17) is 5.73 Å². The third kappa shape index (κ3) is 4.69. The maximum atomic E-state index is 12.7. The molecule has 10 nitrogen and oxygen atoms in total. The lowest BCUT2D eigenvalue weighted by Crippen LogP contribution is -2.43. The van der Waals surface area contributed by atoms with Crippen molar-refractivity contribution in [3.8, 4) is 0 Å². The summed E-state index contributed by atoms with van der Waals surface area (Å²) < 4.78 is 12.7. The van der Waals surface area contributed by atoms with Crippen molar-refractivity contribution in [2.75, 3.05) is 0 Å². The number of nitrogens with two attached hydrogens (primary N) is 1. The smallest absolute Gasteiger partial charge is 0.380 e. The second-order valence-corrected chi connectivity index (χ2v) is 4.68. The lowest BCUT2D eigenvalue weighted by atomic mass is 10.1. The van der Waals surface area contributed by atoms with Crippen LogP contribution in [0, 0.1) is 26.0 Å². The molecule has 124 valence electrons. The Bertz CT molecular complexity index is 631. The third-order valence-electron chi connectivity index (χ3n) is 2.98. The molecule has 0 unspecified atom stereocenters. The van der Waals surface area contributed by atoms with Gasteiger partial charge in [0.05, 0.1) is 29.6 Å². The summed E-state index contributed by atoms with van der Waals surface area (Å²) in [5.74, 6) is -1.73. The molecule has 1 aromatic carbocycles. The Morgan fingerprint density at radius 2 is 1.83 bits per heavy atom. The van der Waals surface area contributed by atoms with Crippen LogP contribution in [0.5, 0.6) is 0 Å². The maximum Gasteiger partial charge on any atom is 0.456 e. The third-order valence-corrected chi connectivity index (χ3v) is 2.98. The monoisotopic (exact) mass is 328 g/mol. The van der Waals surface area contributed by atoms with Crippen LogP contribution in [-0.2, 0) is 9.63 Å². The van der Waals surface area contributed by atoms with Crippen LogP contribution in [0.15, 0.2) is 29.4 Å². The van der Waals surface area contributed by atoms with Crippen molar-refractivity contribution in [1.82, 2.24) is 0 Å². The summed E-state index contributed by atoms with van der Waals surface area (Å²) in [6.07, 6.45) is -1.27. The fourth-order valence-electron chi connectivity index (χ4n) is 1.41. The summed E-state index contributed by atoms with van der Waals surface area (Å²) in [6.45, 7) is 0.788. The van der Waals surface area contributed by atoms with E-state index >= 15 is 0 Å². The quantitative estimate of drug-likeness (QED) is 0.196. The molecule has 0 saturated carbocycles. The van der Waals surface area contributed by atoms with Gasteiger partial charge in [-0.2, -0.15) is 0 Å². The number of hydrogen-bond donors (Lipinski definition) is 1. The molecule has 0 aliphatic heterocycles. The molecule has 1 aromatic rings. The van der Waals surface area contributed by atoms with E-state index in [0.717, 1.165) is 19.1 Å². The topological polar surface area (TPSA) is 151 Å². The van der Waals surface area contributed by atoms with E-state index in [-0.39, 0.29) is 5.84 Å². The summed E-state index contributed by atoms with van der Waals surface area (Å²) in [6, 6.07) is 4.86. The molecule has 0 amide bonds. The summed E-state index contributed by atoms with van der Waals surface area (Å²) in [5.41, 5.74) is 3.30. The highest BCUT2D eigenvalue weighted by Crippen LogP contribution is 2.17. The molecular formula is C12H13FN4O6. The fraction of sp³-hybridized carbons (Fsp3) is 0.333. The van der Waals surface area contributed by atoms with E-state index in [0.29, 0.717) is 5.56 Å². The van der Waals surface area contributed by atoms with Crippen LogP contribution in [-0.4, -0.2) is 27.3 Å². The van der Waals surface area contributed by atoms with E-state index in [1.54, 1.807) is 0 Å². The van der Waals surface area contributed by atoms with Crippen LogP contribution in [0.1, 0.15) is 25.3 Å². The number of carbonyl (C=O) groups excluding carboxylic acids is 1. The zero-order valence-electron chi connectivity index (χ0n) is 12.0. The van der Waals surface area contributed by atoms with Crippen LogP contribution in [0.25, 0.3) is 0 Å². The molecule has 0 fully saturated rings. The van der Waals surface area contributed by atoms with Gasteiger partial charge in [-0.05, 0) is 24.3 Å². The van der Waals surface area contributed by atoms with Crippen molar-refractivity contribution in [3.05, 3.63) is 55.9 Å². The first-order chi connectivity index (χ1) is 10.7. The summed E-state index contributed by atoms with van der Waals surface area (Å²) in [7, 11) is 0. The second kappa shape index (κ2) is 7.24. The first kappa shape index (κ1) is 17.9. The fourth-order valence-corrected chi connectivity index (χ4v) is 1.41. The minimum Gasteiger partial charge on any atom is -0.380 e. The molecule has 0 saturated heterocycles. The number of benzene rings is 1. The number of rotatable bonds is 7. The molecule has 0 bridgehead atoms. The van der Waals surface area contributed by atoms with Gasteiger partial charge in [0.2, 0.25) is 0 Å². The van der Waals surface area contributed by atoms with Crippen LogP contribution in [0.2, 0.25) is 0 Å². The molecular weight excluding hydrogens is 315 g/mol. The second-order valence-electron chi connectivity index (χ2n) is 4.68. The van der Waals surface area contributed by atoms with Gasteiger partial charge in [0, 0.05) is 5.56 Å². The van der Waals surface area contributed by atoms with Gasteiger partial charge < -0.3 is 10.6 Å². The highest BCUT2D eigenvalue weighted by molar-refractivity contribution is 5.97. The van der Waals surface area contributed by atoms with Crippen molar-refractivity contribution in [2.24, 2.45) is 10.9 Å². The summed E-state index contributed by atoms with van der Waals surface area (Å²) >= 11 is 0. The first-order valence-corrected chi connectivity index (χ1v) is 6.25. The van der Waals surface area contributed by atoms with Crippen molar-refractivity contribution >= 4 is 11.8 Å². The molecule has 0 spiro atoms. The van der Waals surface area contributed by atoms with Gasteiger partial charge in [0.1, 0.15) is 5.82 Å². The highest BCUT2D eigenvalue weighted by Gasteiger charge is 2.50. The Hall–Kier alpha value is -3.11. The molecule has 23 heavy (non-hydrogen) atoms. The first-order valence-electron chi connectivity index (χ1n) is 6.25. The minimum atomic E-state index is -2.49. The van der Waals surface area contributed by atoms with Gasteiger partial charge in [-0.3, -0.25) is 20.2 Å². The van der Waals surface area contributed by atoms with E-state index in [1.807, 2.05) is 0 Å². The average molecular weight is 328 g/mol. The minimum absolute atomic E-state index is 0.218. The zero-order valence-corrected chi connectivity index (χ0v) is 12.0. The van der Waals surface area contributed by atoms with E-state index in [9.17, 15) is 29.4 Å². The molecule has 0 heterocycles. The van der Waals surface area contributed by atoms with E-state index in [1.165, 1.54) is 12.1 Å².